The van der Waals surface area contributed by atoms with Crippen LogP contribution in [0.1, 0.15) is 37.1 Å². The summed E-state index contributed by atoms with van der Waals surface area (Å²) in [5.41, 5.74) is 9.95. The van der Waals surface area contributed by atoms with Crippen LogP contribution < -0.4 is 10.6 Å². The normalized spacial score (nSPS) is 12.3. The van der Waals surface area contributed by atoms with Crippen LogP contribution in [-0.4, -0.2) is 49.8 Å². The van der Waals surface area contributed by atoms with Crippen LogP contribution in [0.3, 0.4) is 0 Å². The van der Waals surface area contributed by atoms with Gasteiger partial charge in [0.05, 0.1) is 35.8 Å². The van der Waals surface area contributed by atoms with Crippen LogP contribution in [0.5, 0.6) is 0 Å². The molecule has 0 aliphatic heterocycles. The highest BCUT2D eigenvalue weighted by Gasteiger charge is 2.20. The second-order valence-electron chi connectivity index (χ2n) is 13.6. The molecule has 0 aliphatic carbocycles. The minimum Gasteiger partial charge on any atom is -0.362 e. The fourth-order valence-electron chi connectivity index (χ4n) is 7.19. The number of H-pyrrole nitrogens is 2. The number of aromatic amines is 2. The van der Waals surface area contributed by atoms with Crippen LogP contribution >= 0.6 is 0 Å². The number of imidazole rings is 2. The van der Waals surface area contributed by atoms with Crippen LogP contribution in [0.2, 0.25) is 0 Å². The maximum Gasteiger partial charge on any atom is 0.182 e. The quantitative estimate of drug-likeness (QED) is 0.117. The van der Waals surface area contributed by atoms with Gasteiger partial charge in [-0.25, -0.2) is 38.7 Å². The number of rotatable bonds is 8. The van der Waals surface area contributed by atoms with Crippen molar-refractivity contribution in [2.75, 3.05) is 10.6 Å². The lowest BCUT2D eigenvalue weighted by molar-refractivity contribution is 0.629. The third kappa shape index (κ3) is 6.98. The molecule has 0 aliphatic rings. The first-order valence-corrected chi connectivity index (χ1v) is 18.5. The molecule has 6 aromatic heterocycles. The molecule has 0 amide bonds. The zero-order valence-corrected chi connectivity index (χ0v) is 31.2. The van der Waals surface area contributed by atoms with Gasteiger partial charge in [-0.2, -0.15) is 0 Å². The first kappa shape index (κ1) is 35.9. The molecule has 0 bridgehead atoms. The zero-order chi connectivity index (χ0) is 39.6. The topological polar surface area (TPSA) is 159 Å². The summed E-state index contributed by atoms with van der Waals surface area (Å²) in [5.74, 6) is 0.727. The molecule has 58 heavy (non-hydrogen) atoms. The highest BCUT2D eigenvalue weighted by atomic mass is 19.1. The van der Waals surface area contributed by atoms with Crippen molar-refractivity contribution in [3.63, 3.8) is 0 Å². The van der Waals surface area contributed by atoms with E-state index in [4.69, 9.17) is 0 Å². The van der Waals surface area contributed by atoms with E-state index in [1.54, 1.807) is 36.9 Å². The molecule has 12 nitrogen and oxygen atoms in total. The largest absolute Gasteiger partial charge is 0.362 e. The molecule has 0 spiro atoms. The van der Waals surface area contributed by atoms with Gasteiger partial charge in [0.25, 0.3) is 0 Å². The number of halogens is 2. The second kappa shape index (κ2) is 15.4. The molecule has 0 saturated heterocycles. The predicted octanol–water partition coefficient (Wildman–Crippen LogP) is 9.76. The van der Waals surface area contributed by atoms with E-state index in [0.29, 0.717) is 22.9 Å². The summed E-state index contributed by atoms with van der Waals surface area (Å²) in [6, 6.07) is 29.0. The van der Waals surface area contributed by atoms with Crippen molar-refractivity contribution in [2.45, 2.75) is 25.9 Å². The van der Waals surface area contributed by atoms with Crippen molar-refractivity contribution in [3.8, 4) is 22.3 Å². The summed E-state index contributed by atoms with van der Waals surface area (Å²) in [6.07, 6.45) is 9.81. The maximum absolute atomic E-state index is 14.1. The van der Waals surface area contributed by atoms with Crippen molar-refractivity contribution in [2.24, 2.45) is 0 Å². The third-order valence-corrected chi connectivity index (χ3v) is 9.93. The molecule has 10 rings (SSSR count). The van der Waals surface area contributed by atoms with Crippen LogP contribution in [0.4, 0.5) is 20.4 Å². The van der Waals surface area contributed by atoms with Gasteiger partial charge < -0.3 is 20.6 Å². The maximum atomic E-state index is 14.1. The van der Waals surface area contributed by atoms with E-state index in [-0.39, 0.29) is 23.7 Å². The summed E-state index contributed by atoms with van der Waals surface area (Å²) < 4.78 is 28.2. The number of nitrogens with zero attached hydrogens (tertiary/aromatic N) is 8. The molecule has 0 saturated carbocycles. The number of benzene rings is 4. The van der Waals surface area contributed by atoms with E-state index in [1.807, 2.05) is 86.9 Å². The molecule has 14 heteroatoms. The molecule has 0 fully saturated rings. The highest BCUT2D eigenvalue weighted by molar-refractivity contribution is 5.98. The summed E-state index contributed by atoms with van der Waals surface area (Å²) >= 11 is 0. The standard InChI is InChI=1S/2C22H17FN6/c2*1-13(29-22-20-21(26-11-25-20)27-12-28-22)17-10-24-18-8-7-15(23)9-16(18)19(17)14-5-3-2-4-6-14/h2*2-13H,1H3,(H2,25,26,27,28,29)/t2*13-/m10/s1. The van der Waals surface area contributed by atoms with Gasteiger partial charge in [-0.3, -0.25) is 9.97 Å². The number of anilines is 2. The molecule has 6 heterocycles. The summed E-state index contributed by atoms with van der Waals surface area (Å²) in [6.45, 7) is 4.05. The monoisotopic (exact) mass is 768 g/mol. The summed E-state index contributed by atoms with van der Waals surface area (Å²) in [4.78, 5) is 40.6. The molecule has 2 atom stereocenters. The van der Waals surface area contributed by atoms with E-state index in [2.05, 4.69) is 60.5 Å². The van der Waals surface area contributed by atoms with Crippen molar-refractivity contribution in [1.82, 2.24) is 49.8 Å². The molecule has 0 unspecified atom stereocenters. The number of fused-ring (bicyclic) bond motifs is 4. The zero-order valence-electron chi connectivity index (χ0n) is 31.2. The first-order valence-electron chi connectivity index (χ1n) is 18.5. The summed E-state index contributed by atoms with van der Waals surface area (Å²) in [7, 11) is 0. The number of hydrogen-bond acceptors (Lipinski definition) is 10. The van der Waals surface area contributed by atoms with E-state index < -0.39 is 0 Å². The van der Waals surface area contributed by atoms with Crippen LogP contribution in [0.25, 0.3) is 66.4 Å². The molecule has 4 aromatic carbocycles. The summed E-state index contributed by atoms with van der Waals surface area (Å²) in [5, 5.41) is 8.39. The Morgan fingerprint density at radius 3 is 1.36 bits per heavy atom. The lowest BCUT2D eigenvalue weighted by Crippen LogP contribution is -2.11. The van der Waals surface area contributed by atoms with Gasteiger partial charge in [-0.15, -0.1) is 0 Å². The van der Waals surface area contributed by atoms with Gasteiger partial charge in [0.1, 0.15) is 35.3 Å². The second-order valence-corrected chi connectivity index (χ2v) is 13.6. The van der Waals surface area contributed by atoms with Gasteiger partial charge in [0.15, 0.2) is 22.9 Å². The molecular weight excluding hydrogens is 735 g/mol. The Labute approximate surface area is 330 Å². The van der Waals surface area contributed by atoms with Crippen molar-refractivity contribution >= 4 is 55.8 Å². The van der Waals surface area contributed by atoms with Crippen molar-refractivity contribution in [1.29, 1.82) is 0 Å². The number of hydrogen-bond donors (Lipinski definition) is 4. The van der Waals surface area contributed by atoms with Crippen molar-refractivity contribution < 1.29 is 8.78 Å². The van der Waals surface area contributed by atoms with Crippen molar-refractivity contribution in [3.05, 3.63) is 158 Å². The van der Waals surface area contributed by atoms with E-state index >= 15 is 0 Å². The minimum atomic E-state index is -0.288. The van der Waals surface area contributed by atoms with E-state index in [1.165, 1.54) is 24.8 Å². The van der Waals surface area contributed by atoms with Crippen LogP contribution in [-0.2, 0) is 0 Å². The first-order chi connectivity index (χ1) is 28.4. The Kier molecular flexibility index (Phi) is 9.55. The number of nitrogens with one attached hydrogen (secondary N) is 4. The molecule has 4 N–H and O–H groups in total. The van der Waals surface area contributed by atoms with Crippen LogP contribution in [0.15, 0.2) is 135 Å². The lowest BCUT2D eigenvalue weighted by Gasteiger charge is -2.20. The van der Waals surface area contributed by atoms with Gasteiger partial charge in [-0.05, 0) is 72.5 Å². The fourth-order valence-corrected chi connectivity index (χ4v) is 7.19. The Bertz CT molecular complexity index is 2840. The Morgan fingerprint density at radius 2 is 0.931 bits per heavy atom. The Morgan fingerprint density at radius 1 is 0.500 bits per heavy atom. The predicted molar refractivity (Wildman–Crippen MR) is 222 cm³/mol. The van der Waals surface area contributed by atoms with Gasteiger partial charge in [-0.1, -0.05) is 60.7 Å². The minimum absolute atomic E-state index is 0.147. The molecular formula is C44H34F2N12. The lowest BCUT2D eigenvalue weighted by atomic mass is 9.93. The van der Waals surface area contributed by atoms with Crippen LogP contribution in [0, 0.1) is 11.6 Å². The van der Waals surface area contributed by atoms with E-state index in [0.717, 1.165) is 66.2 Å². The highest BCUT2D eigenvalue weighted by Crippen LogP contribution is 2.37. The molecule has 284 valence electrons. The molecule has 0 radical (unpaired) electrons. The van der Waals surface area contributed by atoms with Gasteiger partial charge >= 0.3 is 0 Å². The fraction of sp³-hybridized carbons (Fsp3) is 0.0909. The number of pyridine rings is 2. The Balaban J connectivity index is 0.000000150. The molecule has 10 aromatic rings. The van der Waals surface area contributed by atoms with E-state index in [9.17, 15) is 8.78 Å². The third-order valence-electron chi connectivity index (χ3n) is 9.93. The Hall–Kier alpha value is -7.74. The van der Waals surface area contributed by atoms with Gasteiger partial charge in [0, 0.05) is 34.3 Å². The average molecular weight is 769 g/mol. The number of aromatic nitrogens is 10. The van der Waals surface area contributed by atoms with Gasteiger partial charge in [0.2, 0.25) is 0 Å². The SMILES string of the molecule is C[C@@H](Nc1ncnc2nc[nH]c12)c1cnc2ccc(F)cc2c1-c1ccccc1.C[C@H](Nc1ncnc2nc[nH]c12)c1cnc2ccc(F)cc2c1-c1ccccc1. The smallest absolute Gasteiger partial charge is 0.182 e. The average Bonchev–Trinajstić information content (AvgIpc) is 3.95.